The summed E-state index contributed by atoms with van der Waals surface area (Å²) >= 11 is 1.77. The van der Waals surface area contributed by atoms with Crippen molar-refractivity contribution >= 4 is 23.2 Å². The number of amides is 2. The van der Waals surface area contributed by atoms with Gasteiger partial charge in [0.2, 0.25) is 5.91 Å². The van der Waals surface area contributed by atoms with Crippen molar-refractivity contribution in [1.29, 1.82) is 0 Å². The second kappa shape index (κ2) is 5.93. The summed E-state index contributed by atoms with van der Waals surface area (Å²) in [7, 11) is 0. The molecule has 0 saturated heterocycles. The Balaban J connectivity index is 1.87. The zero-order valence-corrected chi connectivity index (χ0v) is 13.2. The van der Waals surface area contributed by atoms with Gasteiger partial charge in [0.05, 0.1) is 6.04 Å². The van der Waals surface area contributed by atoms with Crippen molar-refractivity contribution < 1.29 is 9.59 Å². The van der Waals surface area contributed by atoms with Crippen molar-refractivity contribution in [3.8, 4) is 0 Å². The molecule has 1 aliphatic heterocycles. The average Bonchev–Trinajstić information content (AvgIpc) is 3.01. The van der Waals surface area contributed by atoms with Crippen molar-refractivity contribution in [2.75, 3.05) is 6.54 Å². The van der Waals surface area contributed by atoms with Crippen LogP contribution in [0.25, 0.3) is 0 Å². The Kier molecular flexibility index (Phi) is 3.98. The van der Waals surface area contributed by atoms with Gasteiger partial charge in [0.1, 0.15) is 0 Å². The Morgan fingerprint density at radius 2 is 1.91 bits per heavy atom. The van der Waals surface area contributed by atoms with Gasteiger partial charge in [-0.15, -0.1) is 11.3 Å². The predicted molar refractivity (Wildman–Crippen MR) is 87.1 cm³/mol. The maximum atomic E-state index is 12.8. The van der Waals surface area contributed by atoms with Crippen molar-refractivity contribution in [2.45, 2.75) is 25.8 Å². The van der Waals surface area contributed by atoms with Crippen LogP contribution in [0.4, 0.5) is 0 Å². The first kappa shape index (κ1) is 14.8. The van der Waals surface area contributed by atoms with Crippen LogP contribution in [0.3, 0.4) is 0 Å². The molecule has 1 aromatic carbocycles. The van der Waals surface area contributed by atoms with Crippen molar-refractivity contribution in [2.24, 2.45) is 5.73 Å². The lowest BCUT2D eigenvalue weighted by Crippen LogP contribution is -2.39. The van der Waals surface area contributed by atoms with E-state index < -0.39 is 5.91 Å². The average molecular weight is 314 g/mol. The molecule has 2 heterocycles. The number of hydrogen-bond acceptors (Lipinski definition) is 3. The minimum Gasteiger partial charge on any atom is -0.366 e. The third kappa shape index (κ3) is 2.52. The number of nitrogens with zero attached hydrogens (tertiary/aromatic N) is 1. The summed E-state index contributed by atoms with van der Waals surface area (Å²) in [5.74, 6) is -0.467. The van der Waals surface area contributed by atoms with Gasteiger partial charge in [0.15, 0.2) is 0 Å². The summed E-state index contributed by atoms with van der Waals surface area (Å²) in [6.07, 6.45) is 1.81. The summed E-state index contributed by atoms with van der Waals surface area (Å²) in [6.45, 7) is 2.84. The molecule has 0 fully saturated rings. The molecule has 0 saturated carbocycles. The van der Waals surface area contributed by atoms with Crippen LogP contribution in [-0.2, 0) is 6.42 Å². The maximum absolute atomic E-state index is 12.8. The number of nitrogens with two attached hydrogens (primary N) is 1. The Hall–Kier alpha value is -2.14. The Morgan fingerprint density at radius 1 is 1.23 bits per heavy atom. The molecule has 114 valence electrons. The molecule has 0 bridgehead atoms. The molecule has 0 aliphatic carbocycles. The van der Waals surface area contributed by atoms with Crippen LogP contribution in [0, 0.1) is 0 Å². The van der Waals surface area contributed by atoms with E-state index in [1.807, 2.05) is 4.90 Å². The third-order valence-corrected chi connectivity index (χ3v) is 5.16. The predicted octanol–water partition coefficient (Wildman–Crippen LogP) is 3.00. The van der Waals surface area contributed by atoms with Crippen LogP contribution in [0.5, 0.6) is 0 Å². The highest BCUT2D eigenvalue weighted by Gasteiger charge is 2.30. The number of carbonyl (C=O) groups excluding carboxylic acids is 2. The van der Waals surface area contributed by atoms with Crippen LogP contribution in [0.1, 0.15) is 50.5 Å². The maximum Gasteiger partial charge on any atom is 0.254 e. The normalized spacial score (nSPS) is 17.1. The van der Waals surface area contributed by atoms with Crippen LogP contribution in [0.2, 0.25) is 0 Å². The van der Waals surface area contributed by atoms with Crippen molar-refractivity contribution in [3.05, 3.63) is 57.3 Å². The summed E-state index contributed by atoms with van der Waals surface area (Å²) in [6, 6.07) is 8.84. The van der Waals surface area contributed by atoms with E-state index in [-0.39, 0.29) is 11.9 Å². The lowest BCUT2D eigenvalue weighted by Gasteiger charge is -2.35. The fraction of sp³-hybridized carbons (Fsp3) is 0.294. The Morgan fingerprint density at radius 3 is 2.55 bits per heavy atom. The topological polar surface area (TPSA) is 63.4 Å². The summed E-state index contributed by atoms with van der Waals surface area (Å²) in [5, 5.41) is 2.10. The van der Waals surface area contributed by atoms with Crippen LogP contribution in [-0.4, -0.2) is 23.3 Å². The van der Waals surface area contributed by atoms with Gasteiger partial charge in [-0.05, 0) is 54.1 Å². The highest BCUT2D eigenvalue weighted by Crippen LogP contribution is 2.35. The molecule has 0 unspecified atom stereocenters. The molecule has 4 nitrogen and oxygen atoms in total. The number of carbonyl (C=O) groups is 2. The molecular formula is C17H18N2O2S. The van der Waals surface area contributed by atoms with Gasteiger partial charge in [-0.3, -0.25) is 9.59 Å². The zero-order chi connectivity index (χ0) is 15.7. The van der Waals surface area contributed by atoms with Gasteiger partial charge in [0.25, 0.3) is 5.91 Å². The molecule has 0 radical (unpaired) electrons. The first-order valence-corrected chi connectivity index (χ1v) is 8.27. The van der Waals surface area contributed by atoms with E-state index in [1.165, 1.54) is 10.4 Å². The SMILES string of the molecule is CC[C@H]1c2ccsc2CCN1C(=O)c1ccc(C(N)=O)cc1. The minimum atomic E-state index is -0.480. The van der Waals surface area contributed by atoms with E-state index in [0.29, 0.717) is 11.1 Å². The van der Waals surface area contributed by atoms with Gasteiger partial charge in [0, 0.05) is 22.5 Å². The number of benzene rings is 1. The Labute approximate surface area is 133 Å². The Bertz CT molecular complexity index is 706. The van der Waals surface area contributed by atoms with Gasteiger partial charge in [-0.25, -0.2) is 0 Å². The number of thiophene rings is 1. The highest BCUT2D eigenvalue weighted by atomic mass is 32.1. The first-order valence-electron chi connectivity index (χ1n) is 7.39. The molecule has 22 heavy (non-hydrogen) atoms. The zero-order valence-electron chi connectivity index (χ0n) is 12.4. The summed E-state index contributed by atoms with van der Waals surface area (Å²) in [4.78, 5) is 27.2. The fourth-order valence-corrected chi connectivity index (χ4v) is 3.95. The molecule has 1 aliphatic rings. The van der Waals surface area contributed by atoms with Crippen LogP contribution >= 0.6 is 11.3 Å². The molecule has 5 heteroatoms. The molecule has 1 aromatic heterocycles. The van der Waals surface area contributed by atoms with E-state index in [1.54, 1.807) is 35.6 Å². The van der Waals surface area contributed by atoms with E-state index in [9.17, 15) is 9.59 Å². The standard InChI is InChI=1S/C17H18N2O2S/c1-2-14-13-8-10-22-15(13)7-9-19(14)17(21)12-5-3-11(4-6-12)16(18)20/h3-6,8,10,14H,2,7,9H2,1H3,(H2,18,20)/t14-/m0/s1. The molecule has 2 amide bonds. The second-order valence-corrected chi connectivity index (χ2v) is 6.41. The smallest absolute Gasteiger partial charge is 0.254 e. The first-order chi connectivity index (χ1) is 10.6. The van der Waals surface area contributed by atoms with E-state index in [0.717, 1.165) is 19.4 Å². The van der Waals surface area contributed by atoms with Crippen LogP contribution in [0.15, 0.2) is 35.7 Å². The number of fused-ring (bicyclic) bond motifs is 1. The molecule has 2 aromatic rings. The van der Waals surface area contributed by atoms with Crippen LogP contribution < -0.4 is 5.73 Å². The lowest BCUT2D eigenvalue weighted by molar-refractivity contribution is 0.0657. The second-order valence-electron chi connectivity index (χ2n) is 5.41. The van der Waals surface area contributed by atoms with E-state index in [2.05, 4.69) is 18.4 Å². The highest BCUT2D eigenvalue weighted by molar-refractivity contribution is 7.10. The minimum absolute atomic E-state index is 0.0136. The lowest BCUT2D eigenvalue weighted by atomic mass is 9.96. The largest absolute Gasteiger partial charge is 0.366 e. The fourth-order valence-electron chi connectivity index (χ4n) is 3.02. The summed E-state index contributed by atoms with van der Waals surface area (Å²) in [5.41, 5.74) is 7.53. The van der Waals surface area contributed by atoms with Gasteiger partial charge >= 0.3 is 0 Å². The third-order valence-electron chi connectivity index (χ3n) is 4.16. The molecular weight excluding hydrogens is 296 g/mol. The van der Waals surface area contributed by atoms with E-state index in [4.69, 9.17) is 5.73 Å². The number of rotatable bonds is 3. The van der Waals surface area contributed by atoms with Crippen molar-refractivity contribution in [1.82, 2.24) is 4.90 Å². The quantitative estimate of drug-likeness (QED) is 0.946. The molecule has 2 N–H and O–H groups in total. The van der Waals surface area contributed by atoms with Crippen molar-refractivity contribution in [3.63, 3.8) is 0 Å². The number of primary amides is 1. The molecule has 3 rings (SSSR count). The number of hydrogen-bond donors (Lipinski definition) is 1. The molecule has 1 atom stereocenters. The van der Waals surface area contributed by atoms with Gasteiger partial charge < -0.3 is 10.6 Å². The molecule has 0 spiro atoms. The summed E-state index contributed by atoms with van der Waals surface area (Å²) < 4.78 is 0. The van der Waals surface area contributed by atoms with Gasteiger partial charge in [-0.1, -0.05) is 6.92 Å². The van der Waals surface area contributed by atoms with E-state index >= 15 is 0 Å². The monoisotopic (exact) mass is 314 g/mol. The van der Waals surface area contributed by atoms with Gasteiger partial charge in [-0.2, -0.15) is 0 Å².